The van der Waals surface area contributed by atoms with Crippen LogP contribution in [-0.2, 0) is 0 Å². The Balaban J connectivity index is 1.84. The number of rotatable bonds is 12. The summed E-state index contributed by atoms with van der Waals surface area (Å²) in [6, 6.07) is 8.89. The van der Waals surface area contributed by atoms with Crippen molar-refractivity contribution in [2.75, 3.05) is 39.4 Å². The number of nitrogens with zero attached hydrogens (tertiary/aromatic N) is 2. The smallest absolute Gasteiger partial charge is 0.290 e. The zero-order valence-corrected chi connectivity index (χ0v) is 24.4. The Bertz CT molecular complexity index is 1390. The lowest BCUT2D eigenvalue weighted by Gasteiger charge is -2.28. The van der Waals surface area contributed by atoms with Gasteiger partial charge in [-0.2, -0.15) is 0 Å². The summed E-state index contributed by atoms with van der Waals surface area (Å²) in [6.07, 6.45) is 0.934. The minimum Gasteiger partial charge on any atom is -0.490 e. The van der Waals surface area contributed by atoms with Crippen molar-refractivity contribution in [1.29, 1.82) is 0 Å². The van der Waals surface area contributed by atoms with Crippen molar-refractivity contribution < 1.29 is 18.7 Å². The fraction of sp³-hybridized carbons (Fsp3) is 0.500. The molecule has 2 aromatic carbocycles. The van der Waals surface area contributed by atoms with E-state index >= 15 is 0 Å². The van der Waals surface area contributed by atoms with Crippen LogP contribution in [0, 0.1) is 19.8 Å². The molecule has 4 rings (SSSR count). The van der Waals surface area contributed by atoms with E-state index in [1.807, 2.05) is 51.1 Å². The van der Waals surface area contributed by atoms with Gasteiger partial charge in [-0.25, -0.2) is 0 Å². The lowest BCUT2D eigenvalue weighted by Crippen LogP contribution is -2.37. The number of hydrogen-bond acceptors (Lipinski definition) is 6. The maximum atomic E-state index is 14.0. The van der Waals surface area contributed by atoms with Crippen LogP contribution in [0.3, 0.4) is 0 Å². The first-order valence-corrected chi connectivity index (χ1v) is 14.2. The molecule has 0 aliphatic carbocycles. The summed E-state index contributed by atoms with van der Waals surface area (Å²) in [7, 11) is 0. The highest BCUT2D eigenvalue weighted by atomic mass is 16.5. The lowest BCUT2D eigenvalue weighted by molar-refractivity contribution is 0.0708. The molecule has 0 fully saturated rings. The predicted octanol–water partition coefficient (Wildman–Crippen LogP) is 6.12. The van der Waals surface area contributed by atoms with E-state index in [2.05, 4.69) is 32.6 Å². The number of carbonyl (C=O) groups is 1. The third-order valence-corrected chi connectivity index (χ3v) is 7.67. The second-order valence-corrected chi connectivity index (χ2v) is 10.7. The van der Waals surface area contributed by atoms with E-state index in [-0.39, 0.29) is 17.1 Å². The number of amides is 1. The largest absolute Gasteiger partial charge is 0.490 e. The molecule has 0 bridgehead atoms. The molecule has 0 saturated heterocycles. The Morgan fingerprint density at radius 2 is 1.69 bits per heavy atom. The molecule has 1 aliphatic heterocycles. The number of aryl methyl sites for hydroxylation is 2. The van der Waals surface area contributed by atoms with Crippen LogP contribution in [0.25, 0.3) is 11.0 Å². The van der Waals surface area contributed by atoms with Gasteiger partial charge in [0.25, 0.3) is 5.91 Å². The topological polar surface area (TPSA) is 72.2 Å². The van der Waals surface area contributed by atoms with Crippen LogP contribution in [0.2, 0.25) is 0 Å². The Morgan fingerprint density at radius 1 is 0.974 bits per heavy atom. The van der Waals surface area contributed by atoms with Crippen LogP contribution in [0.1, 0.15) is 79.9 Å². The van der Waals surface area contributed by atoms with Gasteiger partial charge in [0.05, 0.1) is 30.2 Å². The molecule has 1 unspecified atom stereocenters. The Kier molecular flexibility index (Phi) is 9.01. The molecule has 3 aromatic rings. The van der Waals surface area contributed by atoms with Crippen LogP contribution < -0.4 is 14.9 Å². The summed E-state index contributed by atoms with van der Waals surface area (Å²) in [5, 5.41) is 0.499. The van der Waals surface area contributed by atoms with E-state index in [9.17, 15) is 9.59 Å². The molecule has 39 heavy (non-hydrogen) atoms. The van der Waals surface area contributed by atoms with Gasteiger partial charge in [-0.15, -0.1) is 0 Å². The minimum absolute atomic E-state index is 0.135. The lowest BCUT2D eigenvalue weighted by atomic mass is 9.97. The number of carbonyl (C=O) groups excluding carboxylic acids is 1. The van der Waals surface area contributed by atoms with Gasteiger partial charge in [-0.05, 0) is 87.2 Å². The first-order valence-electron chi connectivity index (χ1n) is 14.2. The molecular weight excluding hydrogens is 492 g/mol. The van der Waals surface area contributed by atoms with E-state index in [0.717, 1.165) is 36.2 Å². The van der Waals surface area contributed by atoms with Crippen LogP contribution in [0.5, 0.6) is 11.5 Å². The molecule has 7 heteroatoms. The molecule has 1 aliphatic rings. The fourth-order valence-corrected chi connectivity index (χ4v) is 5.13. The number of hydrogen-bond donors (Lipinski definition) is 0. The zero-order chi connectivity index (χ0) is 28.3. The van der Waals surface area contributed by atoms with Gasteiger partial charge >= 0.3 is 0 Å². The summed E-state index contributed by atoms with van der Waals surface area (Å²) in [4.78, 5) is 31.8. The average molecular weight is 535 g/mol. The Morgan fingerprint density at radius 3 is 2.36 bits per heavy atom. The van der Waals surface area contributed by atoms with Crippen LogP contribution >= 0.6 is 0 Å². The molecule has 0 spiro atoms. The standard InChI is InChI=1S/C32H42N2O5/c1-8-33(9-2)14-15-34-29(23-11-12-25(27(19-23)37-10-3)38-16-13-20(4)5)28-30(35)24-17-21(6)22(7)18-26(24)39-31(28)32(34)36/h11-12,17-20,29H,8-10,13-16H2,1-7H3. The van der Waals surface area contributed by atoms with Crippen molar-refractivity contribution in [2.24, 2.45) is 5.92 Å². The van der Waals surface area contributed by atoms with Crippen molar-refractivity contribution in [3.8, 4) is 11.5 Å². The van der Waals surface area contributed by atoms with E-state index in [0.29, 0.717) is 60.3 Å². The Labute approximate surface area is 231 Å². The van der Waals surface area contributed by atoms with Gasteiger partial charge in [0.15, 0.2) is 16.9 Å². The van der Waals surface area contributed by atoms with E-state index in [4.69, 9.17) is 13.9 Å². The number of likely N-dealkylation sites (N-methyl/N-ethyl adjacent to an activating group) is 1. The predicted molar refractivity (Wildman–Crippen MR) is 155 cm³/mol. The van der Waals surface area contributed by atoms with Crippen molar-refractivity contribution in [3.05, 3.63) is 68.6 Å². The second-order valence-electron chi connectivity index (χ2n) is 10.7. The van der Waals surface area contributed by atoms with Gasteiger partial charge in [0, 0.05) is 13.1 Å². The molecule has 0 N–H and O–H groups in total. The second kappa shape index (κ2) is 12.2. The van der Waals surface area contributed by atoms with Crippen molar-refractivity contribution in [2.45, 2.75) is 60.9 Å². The van der Waals surface area contributed by atoms with Crippen LogP contribution in [0.15, 0.2) is 39.5 Å². The monoisotopic (exact) mass is 534 g/mol. The van der Waals surface area contributed by atoms with Crippen molar-refractivity contribution >= 4 is 16.9 Å². The number of ether oxygens (including phenoxy) is 2. The summed E-state index contributed by atoms with van der Waals surface area (Å²) in [5.74, 6) is 1.68. The van der Waals surface area contributed by atoms with Gasteiger partial charge in [-0.1, -0.05) is 33.8 Å². The van der Waals surface area contributed by atoms with Gasteiger partial charge in [-0.3, -0.25) is 9.59 Å². The molecule has 7 nitrogen and oxygen atoms in total. The van der Waals surface area contributed by atoms with E-state index in [1.54, 1.807) is 4.90 Å². The molecule has 0 saturated carbocycles. The fourth-order valence-electron chi connectivity index (χ4n) is 5.13. The molecular formula is C32H42N2O5. The first-order chi connectivity index (χ1) is 18.7. The summed E-state index contributed by atoms with van der Waals surface area (Å²) < 4.78 is 18.2. The SMILES string of the molecule is CCOc1cc(C2c3c(oc4cc(C)c(C)cc4c3=O)C(=O)N2CCN(CC)CC)ccc1OCCC(C)C. The van der Waals surface area contributed by atoms with Gasteiger partial charge in [0.2, 0.25) is 5.76 Å². The third kappa shape index (κ3) is 5.83. The highest BCUT2D eigenvalue weighted by Crippen LogP contribution is 2.41. The maximum Gasteiger partial charge on any atom is 0.290 e. The van der Waals surface area contributed by atoms with Crippen molar-refractivity contribution in [3.63, 3.8) is 0 Å². The molecule has 210 valence electrons. The minimum atomic E-state index is -0.575. The summed E-state index contributed by atoms with van der Waals surface area (Å²) >= 11 is 0. The third-order valence-electron chi connectivity index (χ3n) is 7.67. The normalized spacial score (nSPS) is 15.1. The summed E-state index contributed by atoms with van der Waals surface area (Å²) in [5.41, 5.74) is 3.51. The maximum absolute atomic E-state index is 14.0. The molecule has 1 aromatic heterocycles. The number of benzene rings is 2. The van der Waals surface area contributed by atoms with Crippen molar-refractivity contribution in [1.82, 2.24) is 9.80 Å². The highest BCUT2D eigenvalue weighted by molar-refractivity contribution is 5.99. The molecule has 2 heterocycles. The Hall–Kier alpha value is -3.32. The average Bonchev–Trinajstić information content (AvgIpc) is 3.18. The van der Waals surface area contributed by atoms with Crippen LogP contribution in [-0.4, -0.2) is 55.1 Å². The number of fused-ring (bicyclic) bond motifs is 2. The molecule has 1 atom stereocenters. The molecule has 0 radical (unpaired) electrons. The zero-order valence-electron chi connectivity index (χ0n) is 24.4. The summed E-state index contributed by atoms with van der Waals surface area (Å²) in [6.45, 7) is 18.4. The van der Waals surface area contributed by atoms with Gasteiger partial charge < -0.3 is 23.7 Å². The highest BCUT2D eigenvalue weighted by Gasteiger charge is 2.43. The van der Waals surface area contributed by atoms with Gasteiger partial charge in [0.1, 0.15) is 5.58 Å². The quantitative estimate of drug-likeness (QED) is 0.279. The van der Waals surface area contributed by atoms with E-state index < -0.39 is 6.04 Å². The first kappa shape index (κ1) is 28.7. The van der Waals surface area contributed by atoms with E-state index in [1.165, 1.54) is 0 Å². The molecule has 1 amide bonds. The van der Waals surface area contributed by atoms with Crippen LogP contribution in [0.4, 0.5) is 0 Å².